The van der Waals surface area contributed by atoms with Gasteiger partial charge in [-0.3, -0.25) is 0 Å². The lowest BCUT2D eigenvalue weighted by atomic mass is 9.12. The van der Waals surface area contributed by atoms with Gasteiger partial charge in [0.1, 0.15) is 6.15 Å². The van der Waals surface area contributed by atoms with Crippen molar-refractivity contribution in [3.05, 3.63) is 183 Å². The molecule has 1 aliphatic carbocycles. The summed E-state index contributed by atoms with van der Waals surface area (Å²) in [5.41, 5.74) is -27.3. The summed E-state index contributed by atoms with van der Waals surface area (Å²) in [5.74, 6) is 1.79. The third-order valence-electron chi connectivity index (χ3n) is 15.3. The highest BCUT2D eigenvalue weighted by molar-refractivity contribution is 7.20. The minimum atomic E-state index is -6.13. The summed E-state index contributed by atoms with van der Waals surface area (Å²) in [6.45, 7) is 3.27. The summed E-state index contributed by atoms with van der Waals surface area (Å²) in [7, 11) is 0. The number of alkyl halides is 24. The van der Waals surface area contributed by atoms with E-state index in [1.54, 1.807) is 5.56 Å². The number of pyridine rings is 1. The van der Waals surface area contributed by atoms with Crippen LogP contribution in [0.4, 0.5) is 105 Å². The normalized spacial score (nSPS) is 16.0. The minimum Gasteiger partial charge on any atom is -0.201 e. The van der Waals surface area contributed by atoms with Crippen LogP contribution in [-0.2, 0) is 56.0 Å². The van der Waals surface area contributed by atoms with Gasteiger partial charge in [0.05, 0.1) is 44.5 Å². The van der Waals surface area contributed by atoms with Crippen molar-refractivity contribution >= 4 is 28.0 Å². The van der Waals surface area contributed by atoms with Crippen LogP contribution in [0.2, 0.25) is 0 Å². The van der Waals surface area contributed by atoms with Crippen molar-refractivity contribution in [1.82, 2.24) is 0 Å². The maximum atomic E-state index is 14.2. The van der Waals surface area contributed by atoms with Gasteiger partial charge < -0.3 is 0 Å². The molecule has 0 bridgehead atoms. The number of rotatable bonds is 16. The number of halogens is 24. The molecule has 0 radical (unpaired) electrons. The number of unbranched alkanes of at least 4 members (excludes halogenated alkanes) is 7. The van der Waals surface area contributed by atoms with Crippen molar-refractivity contribution in [3.63, 3.8) is 0 Å². The second kappa shape index (κ2) is 26.5. The molecule has 0 unspecified atom stereocenters. The molecule has 0 spiro atoms. The largest absolute Gasteiger partial charge is 0.416 e. The Labute approximate surface area is 478 Å². The van der Waals surface area contributed by atoms with E-state index in [2.05, 4.69) is 66.3 Å². The Kier molecular flexibility index (Phi) is 21.2. The predicted octanol–water partition coefficient (Wildman–Crippen LogP) is 19.0. The highest BCUT2D eigenvalue weighted by Crippen LogP contribution is 2.42. The molecule has 1 saturated carbocycles. The predicted molar refractivity (Wildman–Crippen MR) is 274 cm³/mol. The van der Waals surface area contributed by atoms with Crippen LogP contribution in [0.1, 0.15) is 152 Å². The lowest BCUT2D eigenvalue weighted by Crippen LogP contribution is -2.75. The van der Waals surface area contributed by atoms with Crippen molar-refractivity contribution in [1.29, 1.82) is 0 Å². The van der Waals surface area contributed by atoms with Crippen LogP contribution >= 0.6 is 0 Å². The van der Waals surface area contributed by atoms with Crippen molar-refractivity contribution < 1.29 is 110 Å². The summed E-state index contributed by atoms with van der Waals surface area (Å²) < 4.78 is 343. The van der Waals surface area contributed by atoms with Crippen LogP contribution in [0.25, 0.3) is 0 Å². The molecule has 6 aromatic rings. The molecule has 86 heavy (non-hydrogen) atoms. The molecule has 0 aliphatic heterocycles. The molecular formula is C60H54BF24N. The number of benzene rings is 5. The van der Waals surface area contributed by atoms with Crippen LogP contribution in [0.3, 0.4) is 0 Å². The van der Waals surface area contributed by atoms with Gasteiger partial charge in [0.25, 0.3) is 0 Å². The van der Waals surface area contributed by atoms with E-state index >= 15 is 0 Å². The fourth-order valence-electron chi connectivity index (χ4n) is 11.1. The first-order chi connectivity index (χ1) is 39.6. The van der Waals surface area contributed by atoms with E-state index in [0.29, 0.717) is 0 Å². The van der Waals surface area contributed by atoms with Gasteiger partial charge in [-0.2, -0.15) is 127 Å². The van der Waals surface area contributed by atoms with Gasteiger partial charge in [0.2, 0.25) is 0 Å². The number of aromatic nitrogens is 1. The molecular weight excluding hydrogens is 1200 g/mol. The van der Waals surface area contributed by atoms with E-state index in [4.69, 9.17) is 0 Å². The van der Waals surface area contributed by atoms with Crippen LogP contribution in [-0.4, -0.2) is 6.15 Å². The van der Waals surface area contributed by atoms with Gasteiger partial charge in [-0.05, 0) is 67.3 Å². The molecule has 470 valence electrons. The smallest absolute Gasteiger partial charge is 0.201 e. The first-order valence-electron chi connectivity index (χ1n) is 27.0. The van der Waals surface area contributed by atoms with Gasteiger partial charge in [-0.15, -0.1) is 0 Å². The van der Waals surface area contributed by atoms with E-state index in [-0.39, 0.29) is 0 Å². The standard InChI is InChI=1S/C32H12BF24.C28H42N/c34-25(35,36)13-1-14(26(37,38)39)6-21(5-13)33(22-7-15(27(40,41)42)2-16(8-22)28(43,44)45,23-9-17(29(46,47)48)3-18(10-23)30(49,50)51)24-11-19(31(52,53)54)4-20(12-24)32(55,56)57;1-2-3-4-5-6-7-8-10-13-25-16-18-27(19-17-25)28-20-22-29(23-21-28)24-26-14-11-9-12-15-26/h1-12H;9,11-12,14-15,20-23,25,27H,2-8,10,13,16-19,24H2,1H3/q-1;+1. The van der Waals surface area contributed by atoms with E-state index in [1.807, 2.05) is 0 Å². The van der Waals surface area contributed by atoms with E-state index in [9.17, 15) is 105 Å². The second-order valence-electron chi connectivity index (χ2n) is 21.5. The Morgan fingerprint density at radius 3 is 0.907 bits per heavy atom. The highest BCUT2D eigenvalue weighted by atomic mass is 19.4. The maximum Gasteiger partial charge on any atom is 0.416 e. The fraction of sp³-hybridized carbons (Fsp3) is 0.417. The molecule has 0 amide bonds. The van der Waals surface area contributed by atoms with Gasteiger partial charge in [0, 0.05) is 17.7 Å². The maximum absolute atomic E-state index is 14.2. The zero-order chi connectivity index (χ0) is 64.1. The lowest BCUT2D eigenvalue weighted by molar-refractivity contribution is -0.688. The highest BCUT2D eigenvalue weighted by Gasteiger charge is 2.47. The Morgan fingerprint density at radius 2 is 0.628 bits per heavy atom. The SMILES string of the molecule is CCCCCCCCCCC1CCC(c2cc[n+](Cc3ccccc3)cc2)CC1.FC(F)(F)c1cc([B-](c2cc(C(F)(F)F)cc(C(F)(F)F)c2)(c2cc(C(F)(F)F)cc(C(F)(F)F)c2)c2cc(C(F)(F)F)cc(C(F)(F)F)c2)cc(C(F)(F)F)c1. The summed E-state index contributed by atoms with van der Waals surface area (Å²) in [4.78, 5) is 0. The van der Waals surface area contributed by atoms with E-state index < -0.39 is 195 Å². The Balaban J connectivity index is 0.000000340. The molecule has 26 heteroatoms. The van der Waals surface area contributed by atoms with Gasteiger partial charge in [0.15, 0.2) is 18.9 Å². The number of nitrogens with zero attached hydrogens (tertiary/aromatic N) is 1. The molecule has 0 N–H and O–H groups in total. The molecule has 1 nitrogen and oxygen atoms in total. The number of hydrogen-bond acceptors (Lipinski definition) is 0. The van der Waals surface area contributed by atoms with Crippen LogP contribution in [0.5, 0.6) is 0 Å². The van der Waals surface area contributed by atoms with Crippen molar-refractivity contribution in [2.24, 2.45) is 5.92 Å². The van der Waals surface area contributed by atoms with Crippen LogP contribution in [0.15, 0.2) is 128 Å². The molecule has 1 heterocycles. The first kappa shape index (κ1) is 68.7. The molecule has 0 atom stereocenters. The molecule has 1 aliphatic rings. The summed E-state index contributed by atoms with van der Waals surface area (Å²) in [6.07, 6.45) is -31.5. The fourth-order valence-corrected chi connectivity index (χ4v) is 11.1. The van der Waals surface area contributed by atoms with Crippen LogP contribution in [0, 0.1) is 5.92 Å². The Morgan fingerprint density at radius 1 is 0.349 bits per heavy atom. The molecule has 7 rings (SSSR count). The summed E-state index contributed by atoms with van der Waals surface area (Å²) >= 11 is 0. The van der Waals surface area contributed by atoms with Crippen LogP contribution < -0.4 is 26.4 Å². The molecule has 0 saturated heterocycles. The average molecular weight is 1260 g/mol. The zero-order valence-corrected chi connectivity index (χ0v) is 45.3. The average Bonchev–Trinajstić information content (AvgIpc) is 0.726. The second-order valence-corrected chi connectivity index (χ2v) is 21.5. The Hall–Kier alpha value is -6.37. The molecule has 1 fully saturated rings. The quantitative estimate of drug-likeness (QED) is 0.0394. The third kappa shape index (κ3) is 17.9. The van der Waals surface area contributed by atoms with Gasteiger partial charge >= 0.3 is 49.4 Å². The first-order valence-corrected chi connectivity index (χ1v) is 27.0. The number of hydrogen-bond donors (Lipinski definition) is 0. The topological polar surface area (TPSA) is 3.88 Å². The zero-order valence-electron chi connectivity index (χ0n) is 45.3. The third-order valence-corrected chi connectivity index (χ3v) is 15.3. The molecule has 1 aromatic heterocycles. The summed E-state index contributed by atoms with van der Waals surface area (Å²) in [5, 5.41) is 0. The monoisotopic (exact) mass is 1260 g/mol. The van der Waals surface area contributed by atoms with Crippen molar-refractivity contribution in [2.75, 3.05) is 0 Å². The van der Waals surface area contributed by atoms with Gasteiger partial charge in [-0.25, -0.2) is 4.57 Å². The lowest BCUT2D eigenvalue weighted by Gasteiger charge is -2.46. The Bertz CT molecular complexity index is 2740. The van der Waals surface area contributed by atoms with E-state index in [0.717, 1.165) is 18.4 Å². The molecule has 5 aromatic carbocycles. The van der Waals surface area contributed by atoms with Crippen molar-refractivity contribution in [3.8, 4) is 0 Å². The summed E-state index contributed by atoms with van der Waals surface area (Å²) in [6, 6.07) is 6.66. The minimum absolute atomic E-state index is 0.691. The van der Waals surface area contributed by atoms with Crippen molar-refractivity contribution in [2.45, 2.75) is 152 Å². The van der Waals surface area contributed by atoms with Gasteiger partial charge in [-0.1, -0.05) is 144 Å². The van der Waals surface area contributed by atoms with E-state index in [1.165, 1.54) is 89.0 Å².